The first-order valence-electron chi connectivity index (χ1n) is 6.85. The molecule has 1 aromatic carbocycles. The van der Waals surface area contributed by atoms with Gasteiger partial charge in [0.25, 0.3) is 5.91 Å². The maximum Gasteiger partial charge on any atom is 0.258 e. The van der Waals surface area contributed by atoms with Crippen LogP contribution in [0, 0.1) is 0 Å². The average molecular weight is 378 g/mol. The number of nitrogens with one attached hydrogen (secondary N) is 1. The van der Waals surface area contributed by atoms with Crippen molar-refractivity contribution < 1.29 is 4.79 Å². The number of rotatable bonds is 4. The number of carbonyl (C=O) groups excluding carboxylic acids is 1. The molecule has 0 atom stereocenters. The number of pyridine rings is 1. The molecule has 0 unspecified atom stereocenters. The molecular formula is C16H16BrN3OS. The zero-order valence-electron chi connectivity index (χ0n) is 12.1. The third kappa shape index (κ3) is 4.35. The van der Waals surface area contributed by atoms with Crippen LogP contribution in [0.25, 0.3) is 0 Å². The van der Waals surface area contributed by atoms with E-state index in [4.69, 9.17) is 12.2 Å². The summed E-state index contributed by atoms with van der Waals surface area (Å²) in [7, 11) is 0. The fourth-order valence-electron chi connectivity index (χ4n) is 1.92. The quantitative estimate of drug-likeness (QED) is 0.829. The van der Waals surface area contributed by atoms with Gasteiger partial charge in [-0.15, -0.1) is 0 Å². The van der Waals surface area contributed by atoms with E-state index in [-0.39, 0.29) is 5.91 Å². The van der Waals surface area contributed by atoms with E-state index in [1.54, 1.807) is 18.5 Å². The van der Waals surface area contributed by atoms with Crippen molar-refractivity contribution in [2.24, 2.45) is 0 Å². The summed E-state index contributed by atoms with van der Waals surface area (Å²) in [6.07, 6.45) is 3.48. The van der Waals surface area contributed by atoms with Gasteiger partial charge in [-0.2, -0.15) is 0 Å². The van der Waals surface area contributed by atoms with Crippen molar-refractivity contribution >= 4 is 39.2 Å². The second-order valence-electron chi connectivity index (χ2n) is 4.61. The molecule has 0 bridgehead atoms. The van der Waals surface area contributed by atoms with Gasteiger partial charge < -0.3 is 4.90 Å². The lowest BCUT2D eigenvalue weighted by Gasteiger charge is -2.24. The van der Waals surface area contributed by atoms with Crippen LogP contribution < -0.4 is 5.32 Å². The van der Waals surface area contributed by atoms with Crippen molar-refractivity contribution in [3.05, 3.63) is 64.4 Å². The molecule has 4 nitrogen and oxygen atoms in total. The highest BCUT2D eigenvalue weighted by molar-refractivity contribution is 9.10. The summed E-state index contributed by atoms with van der Waals surface area (Å²) in [5.41, 5.74) is 1.65. The van der Waals surface area contributed by atoms with Crippen molar-refractivity contribution in [1.82, 2.24) is 15.2 Å². The number of hydrogen-bond acceptors (Lipinski definition) is 3. The largest absolute Gasteiger partial charge is 0.345 e. The predicted octanol–water partition coefficient (Wildman–Crippen LogP) is 3.38. The number of thiocarbonyl (C=S) groups is 1. The zero-order chi connectivity index (χ0) is 15.9. The van der Waals surface area contributed by atoms with Crippen LogP contribution in [0.5, 0.6) is 0 Å². The Labute approximate surface area is 143 Å². The van der Waals surface area contributed by atoms with Gasteiger partial charge in [-0.05, 0) is 64.9 Å². The van der Waals surface area contributed by atoms with E-state index in [1.165, 1.54) is 0 Å². The van der Waals surface area contributed by atoms with E-state index >= 15 is 0 Å². The number of amides is 1. The molecule has 0 fully saturated rings. The standard InChI is InChI=1S/C16H16BrN3OS/c1-2-20(11-12-7-9-18-10-8-12)16(22)19-15(21)13-5-3-4-6-14(13)17/h3-10H,2,11H2,1H3,(H,19,21,22). The molecular weight excluding hydrogens is 362 g/mol. The smallest absolute Gasteiger partial charge is 0.258 e. The highest BCUT2D eigenvalue weighted by atomic mass is 79.9. The van der Waals surface area contributed by atoms with E-state index < -0.39 is 0 Å². The van der Waals surface area contributed by atoms with Crippen molar-refractivity contribution in [2.45, 2.75) is 13.5 Å². The molecule has 114 valence electrons. The number of aromatic nitrogens is 1. The normalized spacial score (nSPS) is 10.1. The van der Waals surface area contributed by atoms with Gasteiger partial charge in [-0.1, -0.05) is 12.1 Å². The Morgan fingerprint density at radius 1 is 1.27 bits per heavy atom. The Hall–Kier alpha value is -1.79. The molecule has 0 spiro atoms. The van der Waals surface area contributed by atoms with Crippen LogP contribution in [-0.2, 0) is 6.54 Å². The number of hydrogen-bond donors (Lipinski definition) is 1. The molecule has 22 heavy (non-hydrogen) atoms. The summed E-state index contributed by atoms with van der Waals surface area (Å²) in [4.78, 5) is 18.2. The van der Waals surface area contributed by atoms with E-state index in [0.29, 0.717) is 23.8 Å². The summed E-state index contributed by atoms with van der Waals surface area (Å²) >= 11 is 8.73. The number of benzene rings is 1. The minimum absolute atomic E-state index is 0.217. The van der Waals surface area contributed by atoms with Gasteiger partial charge in [0.1, 0.15) is 0 Å². The number of halogens is 1. The third-order valence-electron chi connectivity index (χ3n) is 3.13. The molecule has 0 saturated carbocycles. The summed E-state index contributed by atoms with van der Waals surface area (Å²) in [6, 6.07) is 11.1. The van der Waals surface area contributed by atoms with Gasteiger partial charge in [0.15, 0.2) is 5.11 Å². The van der Waals surface area contributed by atoms with Crippen LogP contribution in [-0.4, -0.2) is 27.4 Å². The molecule has 1 N–H and O–H groups in total. The average Bonchev–Trinajstić information content (AvgIpc) is 2.53. The van der Waals surface area contributed by atoms with Crippen molar-refractivity contribution in [1.29, 1.82) is 0 Å². The Balaban J connectivity index is 2.03. The van der Waals surface area contributed by atoms with Gasteiger partial charge in [0, 0.05) is 30.0 Å². The van der Waals surface area contributed by atoms with Gasteiger partial charge in [0.2, 0.25) is 0 Å². The van der Waals surface area contributed by atoms with E-state index in [1.807, 2.05) is 42.2 Å². The van der Waals surface area contributed by atoms with Crippen molar-refractivity contribution in [3.63, 3.8) is 0 Å². The van der Waals surface area contributed by atoms with Crippen molar-refractivity contribution in [3.8, 4) is 0 Å². The zero-order valence-corrected chi connectivity index (χ0v) is 14.5. The summed E-state index contributed by atoms with van der Waals surface area (Å²) in [6.45, 7) is 3.34. The first-order valence-corrected chi connectivity index (χ1v) is 8.05. The molecule has 0 aliphatic rings. The van der Waals surface area contributed by atoms with E-state index in [0.717, 1.165) is 10.0 Å². The Kier molecular flexibility index (Phi) is 6.03. The molecule has 1 heterocycles. The van der Waals surface area contributed by atoms with Crippen LogP contribution in [0.1, 0.15) is 22.8 Å². The highest BCUT2D eigenvalue weighted by Gasteiger charge is 2.14. The van der Waals surface area contributed by atoms with Gasteiger partial charge in [-0.25, -0.2) is 0 Å². The van der Waals surface area contributed by atoms with Gasteiger partial charge in [0.05, 0.1) is 5.56 Å². The molecule has 2 aromatic rings. The molecule has 6 heteroatoms. The lowest BCUT2D eigenvalue weighted by molar-refractivity contribution is 0.0972. The number of nitrogens with zero attached hydrogens (tertiary/aromatic N) is 2. The maximum atomic E-state index is 12.3. The summed E-state index contributed by atoms with van der Waals surface area (Å²) < 4.78 is 0.743. The van der Waals surface area contributed by atoms with Crippen LogP contribution in [0.2, 0.25) is 0 Å². The van der Waals surface area contributed by atoms with Crippen LogP contribution in [0.4, 0.5) is 0 Å². The van der Waals surface area contributed by atoms with Crippen molar-refractivity contribution in [2.75, 3.05) is 6.54 Å². The maximum absolute atomic E-state index is 12.3. The molecule has 0 radical (unpaired) electrons. The minimum atomic E-state index is -0.217. The first kappa shape index (κ1) is 16.6. The molecule has 0 saturated heterocycles. The molecule has 1 aromatic heterocycles. The lowest BCUT2D eigenvalue weighted by Crippen LogP contribution is -2.42. The fraction of sp³-hybridized carbons (Fsp3) is 0.188. The predicted molar refractivity (Wildman–Crippen MR) is 94.5 cm³/mol. The lowest BCUT2D eigenvalue weighted by atomic mass is 10.2. The molecule has 2 rings (SSSR count). The monoisotopic (exact) mass is 377 g/mol. The second-order valence-corrected chi connectivity index (χ2v) is 5.85. The SMILES string of the molecule is CCN(Cc1ccncc1)C(=S)NC(=O)c1ccccc1Br. The third-order valence-corrected chi connectivity index (χ3v) is 4.18. The van der Waals surface area contributed by atoms with E-state index in [2.05, 4.69) is 26.2 Å². The topological polar surface area (TPSA) is 45.2 Å². The van der Waals surface area contributed by atoms with Crippen LogP contribution >= 0.6 is 28.1 Å². The summed E-state index contributed by atoms with van der Waals surface area (Å²) in [5.74, 6) is -0.217. The fourth-order valence-corrected chi connectivity index (χ4v) is 2.68. The molecule has 0 aliphatic heterocycles. The first-order chi connectivity index (χ1) is 10.6. The summed E-state index contributed by atoms with van der Waals surface area (Å²) in [5, 5.41) is 3.20. The highest BCUT2D eigenvalue weighted by Crippen LogP contribution is 2.15. The Morgan fingerprint density at radius 2 is 1.95 bits per heavy atom. The second kappa shape index (κ2) is 8.00. The van der Waals surface area contributed by atoms with Gasteiger partial charge in [-0.3, -0.25) is 15.1 Å². The number of carbonyl (C=O) groups is 1. The Bertz CT molecular complexity index is 663. The van der Waals surface area contributed by atoms with Crippen LogP contribution in [0.15, 0.2) is 53.3 Å². The van der Waals surface area contributed by atoms with Gasteiger partial charge >= 0.3 is 0 Å². The Morgan fingerprint density at radius 3 is 2.59 bits per heavy atom. The minimum Gasteiger partial charge on any atom is -0.345 e. The molecule has 0 aliphatic carbocycles. The van der Waals surface area contributed by atoms with E-state index in [9.17, 15) is 4.79 Å². The molecule has 1 amide bonds. The van der Waals surface area contributed by atoms with Crippen LogP contribution in [0.3, 0.4) is 0 Å².